The second-order valence-corrected chi connectivity index (χ2v) is 8.73. The molecule has 3 rings (SSSR count). The zero-order chi connectivity index (χ0) is 17.2. The number of benzene rings is 2. The summed E-state index contributed by atoms with van der Waals surface area (Å²) < 4.78 is 26.4. The Balaban J connectivity index is 2.22. The summed E-state index contributed by atoms with van der Waals surface area (Å²) in [4.78, 5) is 3.92. The smallest absolute Gasteiger partial charge is 0.209 e. The van der Waals surface area contributed by atoms with Crippen molar-refractivity contribution in [2.75, 3.05) is 6.54 Å². The molecular formula is C18H20N2O2S2. The lowest BCUT2D eigenvalue weighted by molar-refractivity contribution is 0.595. The second kappa shape index (κ2) is 7.01. The second-order valence-electron chi connectivity index (χ2n) is 5.53. The van der Waals surface area contributed by atoms with Gasteiger partial charge < -0.3 is 10.7 Å². The van der Waals surface area contributed by atoms with Crippen LogP contribution in [0.4, 0.5) is 0 Å². The number of para-hydroxylation sites is 1. The molecule has 0 radical (unpaired) electrons. The molecule has 0 bridgehead atoms. The van der Waals surface area contributed by atoms with Gasteiger partial charge in [-0.3, -0.25) is 0 Å². The molecule has 0 saturated heterocycles. The van der Waals surface area contributed by atoms with E-state index in [0.717, 1.165) is 17.3 Å². The van der Waals surface area contributed by atoms with Gasteiger partial charge in [0.2, 0.25) is 9.84 Å². The fourth-order valence-electron chi connectivity index (χ4n) is 2.62. The topological polar surface area (TPSA) is 76.0 Å². The first-order chi connectivity index (χ1) is 11.6. The number of hydrogen-bond donors (Lipinski definition) is 2. The molecule has 0 spiro atoms. The van der Waals surface area contributed by atoms with E-state index in [1.165, 1.54) is 11.8 Å². The number of aromatic nitrogens is 1. The van der Waals surface area contributed by atoms with Crippen LogP contribution in [0.15, 0.2) is 69.4 Å². The van der Waals surface area contributed by atoms with Crippen LogP contribution < -0.4 is 5.73 Å². The van der Waals surface area contributed by atoms with Gasteiger partial charge in [-0.15, -0.1) is 11.8 Å². The quantitative estimate of drug-likeness (QED) is 0.655. The minimum Gasteiger partial charge on any atom is -0.349 e. The normalized spacial score (nSPS) is 13.2. The number of nitrogens with one attached hydrogen (secondary N) is 1. The predicted molar refractivity (Wildman–Crippen MR) is 99.2 cm³/mol. The molecule has 3 N–H and O–H groups in total. The maximum Gasteiger partial charge on any atom is 0.209 e. The van der Waals surface area contributed by atoms with E-state index < -0.39 is 9.84 Å². The highest BCUT2D eigenvalue weighted by Gasteiger charge is 2.27. The van der Waals surface area contributed by atoms with Crippen LogP contribution in [0.1, 0.15) is 13.3 Å². The summed E-state index contributed by atoms with van der Waals surface area (Å²) >= 11 is 1.50. The molecule has 1 aromatic heterocycles. The van der Waals surface area contributed by atoms with Crippen LogP contribution in [0.2, 0.25) is 0 Å². The summed E-state index contributed by atoms with van der Waals surface area (Å²) in [7, 11) is -3.61. The third-order valence-corrected chi connectivity index (χ3v) is 7.34. The van der Waals surface area contributed by atoms with E-state index >= 15 is 0 Å². The molecule has 1 heterocycles. The Hall–Kier alpha value is -1.76. The van der Waals surface area contributed by atoms with Crippen LogP contribution in [0.5, 0.6) is 0 Å². The Morgan fingerprint density at radius 1 is 1.08 bits per heavy atom. The lowest BCUT2D eigenvalue weighted by Gasteiger charge is -2.12. The van der Waals surface area contributed by atoms with Gasteiger partial charge >= 0.3 is 0 Å². The third-order valence-electron chi connectivity index (χ3n) is 3.95. The van der Waals surface area contributed by atoms with Crippen molar-refractivity contribution in [2.24, 2.45) is 5.73 Å². The van der Waals surface area contributed by atoms with Crippen LogP contribution >= 0.6 is 11.8 Å². The van der Waals surface area contributed by atoms with E-state index in [1.807, 2.05) is 30.3 Å². The Morgan fingerprint density at radius 2 is 1.75 bits per heavy atom. The Morgan fingerprint density at radius 3 is 2.42 bits per heavy atom. The standard InChI is InChI=1S/C18H20N2O2S2/c1-2-13(12-19)23-18-17(15-10-6-7-11-16(15)20-18)24(21,22)14-8-4-3-5-9-14/h3-11,13,20H,2,12,19H2,1H3. The van der Waals surface area contributed by atoms with Crippen molar-refractivity contribution in [2.45, 2.75) is 33.4 Å². The number of thioether (sulfide) groups is 1. The van der Waals surface area contributed by atoms with Gasteiger partial charge in [0.1, 0.15) is 4.90 Å². The summed E-state index contributed by atoms with van der Waals surface area (Å²) in [5.41, 5.74) is 6.63. The molecule has 0 fully saturated rings. The summed E-state index contributed by atoms with van der Waals surface area (Å²) in [5.74, 6) is 0. The summed E-state index contributed by atoms with van der Waals surface area (Å²) in [6, 6.07) is 16.0. The molecule has 1 atom stereocenters. The van der Waals surface area contributed by atoms with Gasteiger partial charge in [-0.25, -0.2) is 8.42 Å². The average Bonchev–Trinajstić information content (AvgIpc) is 2.99. The fraction of sp³-hybridized carbons (Fsp3) is 0.222. The minimum absolute atomic E-state index is 0.169. The number of sulfone groups is 1. The number of hydrogen-bond acceptors (Lipinski definition) is 4. The maximum absolute atomic E-state index is 13.2. The molecule has 0 aliphatic rings. The molecule has 0 aliphatic heterocycles. The van der Waals surface area contributed by atoms with Crippen LogP contribution in [0.3, 0.4) is 0 Å². The molecule has 4 nitrogen and oxygen atoms in total. The summed E-state index contributed by atoms with van der Waals surface area (Å²) in [6.07, 6.45) is 0.876. The highest BCUT2D eigenvalue weighted by atomic mass is 32.2. The number of nitrogens with two attached hydrogens (primary N) is 1. The molecule has 126 valence electrons. The highest BCUT2D eigenvalue weighted by molar-refractivity contribution is 8.00. The van der Waals surface area contributed by atoms with Gasteiger partial charge in [0.15, 0.2) is 0 Å². The number of aromatic amines is 1. The van der Waals surface area contributed by atoms with E-state index in [4.69, 9.17) is 5.73 Å². The molecule has 0 amide bonds. The molecule has 0 aliphatic carbocycles. The number of rotatable bonds is 6. The maximum atomic E-state index is 13.2. The van der Waals surface area contributed by atoms with E-state index in [0.29, 0.717) is 21.4 Å². The van der Waals surface area contributed by atoms with Crippen molar-refractivity contribution < 1.29 is 8.42 Å². The van der Waals surface area contributed by atoms with E-state index in [-0.39, 0.29) is 5.25 Å². The van der Waals surface area contributed by atoms with Crippen molar-refractivity contribution in [1.82, 2.24) is 4.98 Å². The first-order valence-electron chi connectivity index (χ1n) is 7.85. The van der Waals surface area contributed by atoms with Crippen molar-refractivity contribution in [3.63, 3.8) is 0 Å². The lowest BCUT2D eigenvalue weighted by Crippen LogP contribution is -2.16. The first kappa shape index (κ1) is 17.1. The van der Waals surface area contributed by atoms with Gasteiger partial charge in [-0.1, -0.05) is 43.3 Å². The molecule has 6 heteroatoms. The zero-order valence-corrected chi connectivity index (χ0v) is 15.0. The molecular weight excluding hydrogens is 340 g/mol. The first-order valence-corrected chi connectivity index (χ1v) is 10.2. The Bertz CT molecular complexity index is 930. The fourth-order valence-corrected chi connectivity index (χ4v) is 5.59. The largest absolute Gasteiger partial charge is 0.349 e. The average molecular weight is 361 g/mol. The molecule has 2 aromatic carbocycles. The zero-order valence-electron chi connectivity index (χ0n) is 13.4. The summed E-state index contributed by atoms with van der Waals surface area (Å²) in [5, 5.41) is 1.55. The van der Waals surface area contributed by atoms with Gasteiger partial charge in [0.05, 0.1) is 9.92 Å². The number of fused-ring (bicyclic) bond motifs is 1. The summed E-state index contributed by atoms with van der Waals surface area (Å²) in [6.45, 7) is 2.56. The van der Waals surface area contributed by atoms with Crippen LogP contribution in [0, 0.1) is 0 Å². The Labute approximate surface area is 146 Å². The van der Waals surface area contributed by atoms with Crippen molar-refractivity contribution in [3.8, 4) is 0 Å². The van der Waals surface area contributed by atoms with Gasteiger partial charge in [0, 0.05) is 22.7 Å². The lowest BCUT2D eigenvalue weighted by atomic mass is 10.2. The number of H-pyrrole nitrogens is 1. The van der Waals surface area contributed by atoms with E-state index in [9.17, 15) is 8.42 Å². The van der Waals surface area contributed by atoms with Crippen molar-refractivity contribution in [3.05, 3.63) is 54.6 Å². The van der Waals surface area contributed by atoms with Gasteiger partial charge in [0.25, 0.3) is 0 Å². The molecule has 24 heavy (non-hydrogen) atoms. The van der Waals surface area contributed by atoms with E-state index in [1.54, 1.807) is 24.3 Å². The predicted octanol–water partition coefficient (Wildman–Crippen LogP) is 3.83. The molecule has 3 aromatic rings. The van der Waals surface area contributed by atoms with Crippen molar-refractivity contribution in [1.29, 1.82) is 0 Å². The molecule has 0 saturated carbocycles. The van der Waals surface area contributed by atoms with Gasteiger partial charge in [-0.2, -0.15) is 0 Å². The SMILES string of the molecule is CCC(CN)Sc1[nH]c2ccccc2c1S(=O)(=O)c1ccccc1. The van der Waals surface area contributed by atoms with E-state index in [2.05, 4.69) is 11.9 Å². The van der Waals surface area contributed by atoms with Crippen LogP contribution in [0.25, 0.3) is 10.9 Å². The minimum atomic E-state index is -3.61. The third kappa shape index (κ3) is 3.09. The molecule has 1 unspecified atom stereocenters. The van der Waals surface area contributed by atoms with Crippen LogP contribution in [-0.4, -0.2) is 25.2 Å². The van der Waals surface area contributed by atoms with Crippen molar-refractivity contribution >= 4 is 32.5 Å². The highest BCUT2D eigenvalue weighted by Crippen LogP contribution is 2.38. The Kier molecular flexibility index (Phi) is 4.99. The van der Waals surface area contributed by atoms with Gasteiger partial charge in [-0.05, 0) is 24.6 Å². The van der Waals surface area contributed by atoms with Crippen LogP contribution in [-0.2, 0) is 9.84 Å². The monoisotopic (exact) mass is 360 g/mol.